The first-order valence-electron chi connectivity index (χ1n) is 6.11. The second-order valence-corrected chi connectivity index (χ2v) is 5.19. The summed E-state index contributed by atoms with van der Waals surface area (Å²) in [6.45, 7) is 4.29. The van der Waals surface area contributed by atoms with Gasteiger partial charge in [-0.2, -0.15) is 0 Å². The van der Waals surface area contributed by atoms with Crippen LogP contribution >= 0.6 is 11.6 Å². The van der Waals surface area contributed by atoms with E-state index >= 15 is 0 Å². The van der Waals surface area contributed by atoms with Crippen LogP contribution in [0.15, 0.2) is 18.2 Å². The average molecular weight is 250 g/mol. The van der Waals surface area contributed by atoms with E-state index in [9.17, 15) is 0 Å². The maximum Gasteiger partial charge on any atom is 0.114 e. The Morgan fingerprint density at radius 3 is 3.00 bits per heavy atom. The predicted molar refractivity (Wildman–Crippen MR) is 70.6 cm³/mol. The van der Waals surface area contributed by atoms with Gasteiger partial charge in [-0.15, -0.1) is 0 Å². The van der Waals surface area contributed by atoms with Gasteiger partial charge in [0.15, 0.2) is 0 Å². The van der Waals surface area contributed by atoms with Crippen LogP contribution in [0.25, 0.3) is 11.0 Å². The molecule has 3 rings (SSSR count). The molecule has 0 amide bonds. The summed E-state index contributed by atoms with van der Waals surface area (Å²) in [5.41, 5.74) is 2.08. The standard InChI is InChI=1S/C13H16ClN3/c1-2-13(6-7-15-8-13)12-16-10-5-3-4-9(14)11(10)17-12/h3-5,15H,2,6-8H2,1H3,(H,16,17). The number of nitrogens with one attached hydrogen (secondary N) is 2. The van der Waals surface area contributed by atoms with Gasteiger partial charge in [0.05, 0.1) is 10.5 Å². The Hall–Kier alpha value is -1.06. The maximum absolute atomic E-state index is 6.17. The quantitative estimate of drug-likeness (QED) is 0.859. The smallest absolute Gasteiger partial charge is 0.114 e. The van der Waals surface area contributed by atoms with Crippen LogP contribution in [0.3, 0.4) is 0 Å². The molecule has 3 nitrogen and oxygen atoms in total. The lowest BCUT2D eigenvalue weighted by molar-refractivity contribution is 0.431. The number of aromatic amines is 1. The molecule has 17 heavy (non-hydrogen) atoms. The predicted octanol–water partition coefficient (Wildman–Crippen LogP) is 2.86. The normalized spacial score (nSPS) is 24.6. The Bertz CT molecular complexity index is 541. The van der Waals surface area contributed by atoms with Gasteiger partial charge in [0, 0.05) is 12.0 Å². The summed E-state index contributed by atoms with van der Waals surface area (Å²) in [6, 6.07) is 5.88. The molecule has 1 aromatic carbocycles. The Morgan fingerprint density at radius 2 is 2.35 bits per heavy atom. The first-order chi connectivity index (χ1) is 8.25. The fraction of sp³-hybridized carbons (Fsp3) is 0.462. The molecular formula is C13H16ClN3. The molecule has 0 radical (unpaired) electrons. The van der Waals surface area contributed by atoms with Gasteiger partial charge < -0.3 is 10.3 Å². The summed E-state index contributed by atoms with van der Waals surface area (Å²) in [7, 11) is 0. The van der Waals surface area contributed by atoms with Crippen molar-refractivity contribution in [2.75, 3.05) is 13.1 Å². The lowest BCUT2D eigenvalue weighted by Gasteiger charge is -2.23. The van der Waals surface area contributed by atoms with Crippen LogP contribution in [0.4, 0.5) is 0 Å². The Kier molecular flexibility index (Phi) is 2.60. The number of hydrogen-bond acceptors (Lipinski definition) is 2. The van der Waals surface area contributed by atoms with E-state index in [0.717, 1.165) is 47.8 Å². The minimum atomic E-state index is 0.155. The molecule has 2 heterocycles. The lowest BCUT2D eigenvalue weighted by Crippen LogP contribution is -2.29. The number of fused-ring (bicyclic) bond motifs is 1. The number of rotatable bonds is 2. The highest BCUT2D eigenvalue weighted by Gasteiger charge is 2.36. The molecule has 1 aliphatic rings. The highest BCUT2D eigenvalue weighted by molar-refractivity contribution is 6.34. The minimum absolute atomic E-state index is 0.155. The van der Waals surface area contributed by atoms with E-state index in [1.165, 1.54) is 0 Å². The number of benzene rings is 1. The zero-order valence-corrected chi connectivity index (χ0v) is 10.6. The molecule has 0 aliphatic carbocycles. The van der Waals surface area contributed by atoms with Crippen molar-refractivity contribution in [1.82, 2.24) is 15.3 Å². The minimum Gasteiger partial charge on any atom is -0.341 e. The second-order valence-electron chi connectivity index (χ2n) is 4.78. The van der Waals surface area contributed by atoms with Gasteiger partial charge in [0.25, 0.3) is 0 Å². The second kappa shape index (κ2) is 4.00. The average Bonchev–Trinajstić information content (AvgIpc) is 2.96. The third kappa shape index (κ3) is 1.65. The van der Waals surface area contributed by atoms with E-state index in [1.807, 2.05) is 18.2 Å². The molecule has 1 fully saturated rings. The van der Waals surface area contributed by atoms with Crippen LogP contribution in [0.5, 0.6) is 0 Å². The summed E-state index contributed by atoms with van der Waals surface area (Å²) < 4.78 is 0. The molecule has 1 aliphatic heterocycles. The number of para-hydroxylation sites is 1. The molecule has 1 aromatic heterocycles. The van der Waals surface area contributed by atoms with Crippen molar-refractivity contribution in [2.24, 2.45) is 0 Å². The first kappa shape index (κ1) is 11.1. The molecule has 0 saturated carbocycles. The van der Waals surface area contributed by atoms with E-state index in [-0.39, 0.29) is 5.41 Å². The zero-order valence-electron chi connectivity index (χ0n) is 9.89. The van der Waals surface area contributed by atoms with Crippen LogP contribution in [-0.4, -0.2) is 23.1 Å². The number of hydrogen-bond donors (Lipinski definition) is 2. The van der Waals surface area contributed by atoms with Crippen LogP contribution in [-0.2, 0) is 5.41 Å². The fourth-order valence-electron chi connectivity index (χ4n) is 2.66. The zero-order chi connectivity index (χ0) is 11.9. The monoisotopic (exact) mass is 249 g/mol. The number of aromatic nitrogens is 2. The van der Waals surface area contributed by atoms with E-state index in [2.05, 4.69) is 17.2 Å². The van der Waals surface area contributed by atoms with E-state index < -0.39 is 0 Å². The van der Waals surface area contributed by atoms with Crippen molar-refractivity contribution in [3.05, 3.63) is 29.0 Å². The highest BCUT2D eigenvalue weighted by atomic mass is 35.5. The van der Waals surface area contributed by atoms with Crippen molar-refractivity contribution in [3.8, 4) is 0 Å². The van der Waals surface area contributed by atoms with E-state index in [0.29, 0.717) is 0 Å². The Labute approximate surface area is 106 Å². The molecule has 0 spiro atoms. The topological polar surface area (TPSA) is 40.7 Å². The Morgan fingerprint density at radius 1 is 1.47 bits per heavy atom. The van der Waals surface area contributed by atoms with Crippen LogP contribution in [0.2, 0.25) is 5.02 Å². The van der Waals surface area contributed by atoms with Gasteiger partial charge in [0.1, 0.15) is 11.3 Å². The van der Waals surface area contributed by atoms with Crippen molar-refractivity contribution in [3.63, 3.8) is 0 Å². The van der Waals surface area contributed by atoms with Gasteiger partial charge in [-0.1, -0.05) is 24.6 Å². The third-order valence-corrected chi connectivity index (χ3v) is 4.19. The third-order valence-electron chi connectivity index (χ3n) is 3.89. The first-order valence-corrected chi connectivity index (χ1v) is 6.48. The summed E-state index contributed by atoms with van der Waals surface area (Å²) >= 11 is 6.17. The van der Waals surface area contributed by atoms with Crippen molar-refractivity contribution in [1.29, 1.82) is 0 Å². The highest BCUT2D eigenvalue weighted by Crippen LogP contribution is 2.34. The van der Waals surface area contributed by atoms with Crippen molar-refractivity contribution < 1.29 is 0 Å². The summed E-state index contributed by atoms with van der Waals surface area (Å²) in [6.07, 6.45) is 2.23. The van der Waals surface area contributed by atoms with Gasteiger partial charge in [-0.3, -0.25) is 0 Å². The fourth-order valence-corrected chi connectivity index (χ4v) is 2.88. The molecular weight excluding hydrogens is 234 g/mol. The number of imidazole rings is 1. The van der Waals surface area contributed by atoms with Gasteiger partial charge >= 0.3 is 0 Å². The SMILES string of the molecule is CCC1(c2nc3c(Cl)cccc3[nH]2)CCNC1. The molecule has 1 unspecified atom stereocenters. The molecule has 0 bridgehead atoms. The van der Waals surface area contributed by atoms with Crippen molar-refractivity contribution >= 4 is 22.6 Å². The van der Waals surface area contributed by atoms with Crippen LogP contribution in [0.1, 0.15) is 25.6 Å². The maximum atomic E-state index is 6.17. The van der Waals surface area contributed by atoms with Crippen LogP contribution < -0.4 is 5.32 Å². The molecule has 2 aromatic rings. The van der Waals surface area contributed by atoms with Crippen LogP contribution in [0, 0.1) is 0 Å². The van der Waals surface area contributed by atoms with E-state index in [1.54, 1.807) is 0 Å². The molecule has 4 heteroatoms. The van der Waals surface area contributed by atoms with Crippen molar-refractivity contribution in [2.45, 2.75) is 25.2 Å². The number of H-pyrrole nitrogens is 1. The molecule has 1 atom stereocenters. The number of halogens is 1. The molecule has 1 saturated heterocycles. The lowest BCUT2D eigenvalue weighted by atomic mass is 9.83. The van der Waals surface area contributed by atoms with Gasteiger partial charge in [0.2, 0.25) is 0 Å². The van der Waals surface area contributed by atoms with Gasteiger partial charge in [-0.05, 0) is 31.5 Å². The Balaban J connectivity index is 2.14. The van der Waals surface area contributed by atoms with E-state index in [4.69, 9.17) is 16.6 Å². The molecule has 2 N–H and O–H groups in total. The summed E-state index contributed by atoms with van der Waals surface area (Å²) in [5, 5.41) is 4.15. The summed E-state index contributed by atoms with van der Waals surface area (Å²) in [4.78, 5) is 8.14. The summed E-state index contributed by atoms with van der Waals surface area (Å²) in [5.74, 6) is 1.08. The van der Waals surface area contributed by atoms with Gasteiger partial charge in [-0.25, -0.2) is 4.98 Å². The number of nitrogens with zero attached hydrogens (tertiary/aromatic N) is 1. The molecule has 90 valence electrons. The largest absolute Gasteiger partial charge is 0.341 e.